The molecule has 0 bridgehead atoms. The minimum absolute atomic E-state index is 0.169. The number of aromatic nitrogens is 2. The van der Waals surface area contributed by atoms with Gasteiger partial charge in [0.1, 0.15) is 5.82 Å². The van der Waals surface area contributed by atoms with Crippen LogP contribution in [0, 0.1) is 0 Å². The first-order valence-electron chi connectivity index (χ1n) is 4.02. The van der Waals surface area contributed by atoms with Gasteiger partial charge < -0.3 is 11.1 Å². The Balaban J connectivity index is 2.98. The van der Waals surface area contributed by atoms with Gasteiger partial charge >= 0.3 is 0 Å². The maximum atomic E-state index is 11.7. The Labute approximate surface area is 76.9 Å². The third-order valence-corrected chi connectivity index (χ3v) is 2.02. The molecule has 1 aromatic rings. The number of anilines is 1. The van der Waals surface area contributed by atoms with Gasteiger partial charge in [-0.15, -0.1) is 0 Å². The fraction of sp³-hybridized carbons (Fsp3) is 0.500. The predicted molar refractivity (Wildman–Crippen MR) is 50.4 cm³/mol. The lowest BCUT2D eigenvalue weighted by atomic mass is 10.1. The van der Waals surface area contributed by atoms with Crippen molar-refractivity contribution in [2.45, 2.75) is 19.4 Å². The van der Waals surface area contributed by atoms with E-state index in [1.165, 1.54) is 10.9 Å². The summed E-state index contributed by atoms with van der Waals surface area (Å²) in [7, 11) is 1.72. The second kappa shape index (κ2) is 3.18. The Morgan fingerprint density at radius 2 is 2.31 bits per heavy atom. The summed E-state index contributed by atoms with van der Waals surface area (Å²) in [5.74, 6) is 0.186. The highest BCUT2D eigenvalue weighted by molar-refractivity contribution is 5.89. The van der Waals surface area contributed by atoms with Crippen molar-refractivity contribution in [3.63, 3.8) is 0 Å². The molecule has 0 saturated heterocycles. The minimum Gasteiger partial charge on any atom is -0.383 e. The van der Waals surface area contributed by atoms with Gasteiger partial charge in [0, 0.05) is 6.07 Å². The van der Waals surface area contributed by atoms with Crippen LogP contribution < -0.4 is 11.1 Å². The standard InChI is InChI=1S/C8H14N4O/c1-8(2,10-3)7(13)12-6(9)4-5-11-12/h4-5,10H,9H2,1-3H3. The lowest BCUT2D eigenvalue weighted by Crippen LogP contribution is -2.47. The number of nitrogens with zero attached hydrogens (tertiary/aromatic N) is 2. The number of likely N-dealkylation sites (N-methyl/N-ethyl adjacent to an activating group) is 1. The summed E-state index contributed by atoms with van der Waals surface area (Å²) in [5.41, 5.74) is 4.89. The van der Waals surface area contributed by atoms with Gasteiger partial charge in [-0.1, -0.05) is 0 Å². The van der Waals surface area contributed by atoms with Crippen molar-refractivity contribution in [1.29, 1.82) is 0 Å². The molecule has 0 unspecified atom stereocenters. The summed E-state index contributed by atoms with van der Waals surface area (Å²) in [6.07, 6.45) is 1.50. The van der Waals surface area contributed by atoms with E-state index in [4.69, 9.17) is 5.73 Å². The highest BCUT2D eigenvalue weighted by Crippen LogP contribution is 2.08. The molecule has 0 aliphatic carbocycles. The molecule has 0 radical (unpaired) electrons. The molecule has 1 rings (SSSR count). The maximum absolute atomic E-state index is 11.7. The largest absolute Gasteiger partial charge is 0.383 e. The Bertz CT molecular complexity index is 316. The highest BCUT2D eigenvalue weighted by atomic mass is 16.2. The molecule has 1 aromatic heterocycles. The first kappa shape index (κ1) is 9.73. The van der Waals surface area contributed by atoms with Crippen molar-refractivity contribution in [3.8, 4) is 0 Å². The van der Waals surface area contributed by atoms with Crippen molar-refractivity contribution in [3.05, 3.63) is 12.3 Å². The average molecular weight is 182 g/mol. The maximum Gasteiger partial charge on any atom is 0.268 e. The number of nitrogens with one attached hydrogen (secondary N) is 1. The summed E-state index contributed by atoms with van der Waals surface area (Å²) in [5, 5.41) is 6.72. The van der Waals surface area contributed by atoms with Crippen LogP contribution in [0.1, 0.15) is 18.6 Å². The zero-order chi connectivity index (χ0) is 10.1. The monoisotopic (exact) mass is 182 g/mol. The summed E-state index contributed by atoms with van der Waals surface area (Å²) in [6, 6.07) is 1.59. The van der Waals surface area contributed by atoms with E-state index in [0.29, 0.717) is 5.82 Å². The van der Waals surface area contributed by atoms with Crippen LogP contribution in [0.5, 0.6) is 0 Å². The number of rotatable bonds is 2. The number of nitrogens with two attached hydrogens (primary N) is 1. The SMILES string of the molecule is CNC(C)(C)C(=O)n1nccc1N. The molecule has 0 fully saturated rings. The van der Waals surface area contributed by atoms with E-state index >= 15 is 0 Å². The van der Waals surface area contributed by atoms with E-state index in [9.17, 15) is 4.79 Å². The van der Waals surface area contributed by atoms with Crippen molar-refractivity contribution in [1.82, 2.24) is 15.1 Å². The van der Waals surface area contributed by atoms with E-state index in [0.717, 1.165) is 0 Å². The van der Waals surface area contributed by atoms with Crippen LogP contribution in [-0.4, -0.2) is 28.3 Å². The second-order valence-electron chi connectivity index (χ2n) is 3.35. The van der Waals surface area contributed by atoms with E-state index in [1.54, 1.807) is 27.0 Å². The van der Waals surface area contributed by atoms with Crippen LogP contribution in [0.25, 0.3) is 0 Å². The molecule has 0 aromatic carbocycles. The molecule has 1 heterocycles. The summed E-state index contributed by atoms with van der Waals surface area (Å²) in [4.78, 5) is 11.7. The first-order chi connectivity index (χ1) is 5.99. The van der Waals surface area contributed by atoms with Crippen LogP contribution in [-0.2, 0) is 0 Å². The van der Waals surface area contributed by atoms with Gasteiger partial charge in [0.2, 0.25) is 0 Å². The van der Waals surface area contributed by atoms with Crippen LogP contribution in [0.4, 0.5) is 5.82 Å². The lowest BCUT2D eigenvalue weighted by Gasteiger charge is -2.21. The number of nitrogen functional groups attached to an aromatic ring is 1. The van der Waals surface area contributed by atoms with Crippen LogP contribution in [0.15, 0.2) is 12.3 Å². The van der Waals surface area contributed by atoms with E-state index in [-0.39, 0.29) is 5.91 Å². The zero-order valence-electron chi connectivity index (χ0n) is 8.03. The predicted octanol–water partition coefficient (Wildman–Crippen LogP) is 0.103. The molecule has 3 N–H and O–H groups in total. The number of hydrogen-bond acceptors (Lipinski definition) is 4. The molecular weight excluding hydrogens is 168 g/mol. The molecule has 5 nitrogen and oxygen atoms in total. The van der Waals surface area contributed by atoms with Gasteiger partial charge in [0.05, 0.1) is 11.7 Å². The summed E-state index contributed by atoms with van der Waals surface area (Å²) in [6.45, 7) is 3.55. The summed E-state index contributed by atoms with van der Waals surface area (Å²) < 4.78 is 1.19. The van der Waals surface area contributed by atoms with Crippen molar-refractivity contribution < 1.29 is 4.79 Å². The normalized spacial score (nSPS) is 11.6. The first-order valence-corrected chi connectivity index (χ1v) is 4.02. The molecule has 72 valence electrons. The van der Waals surface area contributed by atoms with Gasteiger partial charge in [-0.2, -0.15) is 9.78 Å². The molecule has 0 atom stereocenters. The van der Waals surface area contributed by atoms with Crippen molar-refractivity contribution in [2.75, 3.05) is 12.8 Å². The number of hydrogen-bond donors (Lipinski definition) is 2. The molecule has 5 heteroatoms. The lowest BCUT2D eigenvalue weighted by molar-refractivity contribution is 0.0787. The van der Waals surface area contributed by atoms with Crippen LogP contribution >= 0.6 is 0 Å². The van der Waals surface area contributed by atoms with Crippen LogP contribution in [0.2, 0.25) is 0 Å². The molecule has 0 amide bonds. The fourth-order valence-electron chi connectivity index (χ4n) is 0.855. The van der Waals surface area contributed by atoms with Gasteiger partial charge in [0.15, 0.2) is 0 Å². The van der Waals surface area contributed by atoms with Gasteiger partial charge in [-0.05, 0) is 20.9 Å². The molecular formula is C8H14N4O. The Morgan fingerprint density at radius 3 is 2.69 bits per heavy atom. The molecule has 0 aliphatic rings. The number of carbonyl (C=O) groups is 1. The van der Waals surface area contributed by atoms with Gasteiger partial charge in [-0.25, -0.2) is 0 Å². The molecule has 0 spiro atoms. The summed E-state index contributed by atoms with van der Waals surface area (Å²) >= 11 is 0. The van der Waals surface area contributed by atoms with Crippen molar-refractivity contribution in [2.24, 2.45) is 0 Å². The topological polar surface area (TPSA) is 72.9 Å². The Kier molecular flexibility index (Phi) is 2.38. The highest BCUT2D eigenvalue weighted by Gasteiger charge is 2.28. The quantitative estimate of drug-likeness (QED) is 0.680. The van der Waals surface area contributed by atoms with E-state index < -0.39 is 5.54 Å². The fourth-order valence-corrected chi connectivity index (χ4v) is 0.855. The van der Waals surface area contributed by atoms with Crippen molar-refractivity contribution >= 4 is 11.7 Å². The van der Waals surface area contributed by atoms with Gasteiger partial charge in [-0.3, -0.25) is 4.79 Å². The number of carbonyl (C=O) groups excluding carboxylic acids is 1. The average Bonchev–Trinajstić information content (AvgIpc) is 2.50. The smallest absolute Gasteiger partial charge is 0.268 e. The molecule has 0 aliphatic heterocycles. The third kappa shape index (κ3) is 1.70. The van der Waals surface area contributed by atoms with E-state index in [1.807, 2.05) is 0 Å². The Morgan fingerprint density at radius 1 is 1.69 bits per heavy atom. The van der Waals surface area contributed by atoms with Crippen LogP contribution in [0.3, 0.4) is 0 Å². The minimum atomic E-state index is -0.653. The van der Waals surface area contributed by atoms with Gasteiger partial charge in [0.25, 0.3) is 5.91 Å². The molecule has 13 heavy (non-hydrogen) atoms. The zero-order valence-corrected chi connectivity index (χ0v) is 8.03. The Hall–Kier alpha value is -1.36. The molecule has 0 saturated carbocycles. The van der Waals surface area contributed by atoms with E-state index in [2.05, 4.69) is 10.4 Å². The second-order valence-corrected chi connectivity index (χ2v) is 3.35. The third-order valence-electron chi connectivity index (χ3n) is 2.02.